The summed E-state index contributed by atoms with van der Waals surface area (Å²) in [6.45, 7) is 5.19. The molecule has 0 aromatic carbocycles. The van der Waals surface area contributed by atoms with Crippen LogP contribution in [0.4, 0.5) is 0 Å². The Hall–Kier alpha value is -0.790. The van der Waals surface area contributed by atoms with Crippen LogP contribution in [0.5, 0.6) is 0 Å². The fraction of sp³-hybridized carbons (Fsp3) is 0.927. The van der Waals surface area contributed by atoms with E-state index in [1.165, 1.54) is 205 Å². The number of ether oxygens (including phenoxy) is 1. The molecule has 0 unspecified atom stereocenters. The van der Waals surface area contributed by atoms with Gasteiger partial charge in [0.25, 0.3) is 0 Å². The minimum absolute atomic E-state index is 0.0193. The molecule has 0 aliphatic heterocycles. The number of allylic oxidation sites excluding steroid dienone is 2. The van der Waals surface area contributed by atoms with Gasteiger partial charge >= 0.3 is 5.97 Å². The first-order valence-electron chi connectivity index (χ1n) is 20.1. The van der Waals surface area contributed by atoms with Crippen molar-refractivity contribution in [2.45, 2.75) is 239 Å². The molecule has 0 atom stereocenters. The molecule has 0 heterocycles. The van der Waals surface area contributed by atoms with E-state index in [2.05, 4.69) is 26.0 Å². The number of unbranched alkanes of at least 4 members (excludes halogenated alkanes) is 31. The second-order valence-electron chi connectivity index (χ2n) is 13.6. The van der Waals surface area contributed by atoms with Crippen LogP contribution in [0.2, 0.25) is 0 Å². The molecular formula is C41H80O2. The van der Waals surface area contributed by atoms with Crippen LogP contribution in [0.15, 0.2) is 12.2 Å². The number of hydrogen-bond donors (Lipinski definition) is 0. The molecule has 43 heavy (non-hydrogen) atoms. The molecule has 0 saturated heterocycles. The molecule has 0 rings (SSSR count). The minimum Gasteiger partial charge on any atom is -0.466 e. The summed E-state index contributed by atoms with van der Waals surface area (Å²) in [4.78, 5) is 12.0. The first-order chi connectivity index (χ1) is 21.3. The average Bonchev–Trinajstić information content (AvgIpc) is 3.01. The third kappa shape index (κ3) is 39.2. The highest BCUT2D eigenvalue weighted by molar-refractivity contribution is 5.69. The molecule has 0 aliphatic rings. The van der Waals surface area contributed by atoms with Crippen molar-refractivity contribution in [1.82, 2.24) is 0 Å². The third-order valence-corrected chi connectivity index (χ3v) is 9.15. The molecule has 0 fully saturated rings. The van der Waals surface area contributed by atoms with Gasteiger partial charge in [-0.1, -0.05) is 206 Å². The van der Waals surface area contributed by atoms with Crippen LogP contribution in [0.25, 0.3) is 0 Å². The molecule has 0 saturated carbocycles. The SMILES string of the molecule is CCCCCCCCC=CCCCCCCOC(=O)CCCCCCCCCCCCCCCCCCCCCCCC. The lowest BCUT2D eigenvalue weighted by Crippen LogP contribution is -2.05. The van der Waals surface area contributed by atoms with Crippen LogP contribution in [0.3, 0.4) is 0 Å². The summed E-state index contributed by atoms with van der Waals surface area (Å²) in [5.74, 6) is 0.0193. The van der Waals surface area contributed by atoms with E-state index in [9.17, 15) is 4.79 Å². The van der Waals surface area contributed by atoms with E-state index < -0.39 is 0 Å². The van der Waals surface area contributed by atoms with E-state index in [-0.39, 0.29) is 5.97 Å². The topological polar surface area (TPSA) is 26.3 Å². The molecule has 0 amide bonds. The lowest BCUT2D eigenvalue weighted by molar-refractivity contribution is -0.143. The number of carbonyl (C=O) groups excluding carboxylic acids is 1. The van der Waals surface area contributed by atoms with Crippen LogP contribution in [-0.4, -0.2) is 12.6 Å². The maximum atomic E-state index is 12.0. The first kappa shape index (κ1) is 42.2. The number of carbonyl (C=O) groups is 1. The number of esters is 1. The molecule has 0 bridgehead atoms. The molecule has 0 aromatic rings. The second kappa shape index (κ2) is 39.2. The highest BCUT2D eigenvalue weighted by atomic mass is 16.5. The zero-order valence-electron chi connectivity index (χ0n) is 29.9. The van der Waals surface area contributed by atoms with Crippen molar-refractivity contribution in [2.24, 2.45) is 0 Å². The maximum Gasteiger partial charge on any atom is 0.305 e. The Kier molecular flexibility index (Phi) is 38.5. The lowest BCUT2D eigenvalue weighted by atomic mass is 10.0. The van der Waals surface area contributed by atoms with Crippen molar-refractivity contribution in [3.8, 4) is 0 Å². The van der Waals surface area contributed by atoms with Gasteiger partial charge in [0.15, 0.2) is 0 Å². The van der Waals surface area contributed by atoms with Crippen molar-refractivity contribution in [3.05, 3.63) is 12.2 Å². The molecule has 0 N–H and O–H groups in total. The largest absolute Gasteiger partial charge is 0.466 e. The van der Waals surface area contributed by atoms with E-state index in [0.29, 0.717) is 13.0 Å². The lowest BCUT2D eigenvalue weighted by Gasteiger charge is -2.05. The van der Waals surface area contributed by atoms with Crippen LogP contribution in [-0.2, 0) is 9.53 Å². The van der Waals surface area contributed by atoms with Crippen LogP contribution in [0, 0.1) is 0 Å². The Balaban J connectivity index is 3.17. The van der Waals surface area contributed by atoms with Crippen LogP contribution >= 0.6 is 0 Å². The van der Waals surface area contributed by atoms with E-state index in [4.69, 9.17) is 4.74 Å². The Morgan fingerprint density at radius 3 is 1.00 bits per heavy atom. The quantitative estimate of drug-likeness (QED) is 0.0400. The van der Waals surface area contributed by atoms with Crippen LogP contribution < -0.4 is 0 Å². The third-order valence-electron chi connectivity index (χ3n) is 9.15. The molecule has 0 aromatic heterocycles. The standard InChI is InChI=1S/C41H80O2/c1-3-5-7-9-11-13-15-17-19-20-21-22-23-24-25-26-27-29-31-33-35-37-39-41(42)43-40-38-36-34-32-30-28-18-16-14-12-10-8-6-4-2/h18,28H,3-17,19-27,29-40H2,1-2H3. The predicted molar refractivity (Wildman–Crippen MR) is 193 cm³/mol. The summed E-state index contributed by atoms with van der Waals surface area (Å²) < 4.78 is 5.44. The Morgan fingerprint density at radius 1 is 0.372 bits per heavy atom. The molecular weight excluding hydrogens is 524 g/mol. The highest BCUT2D eigenvalue weighted by Gasteiger charge is 2.02. The van der Waals surface area contributed by atoms with Gasteiger partial charge in [-0.05, 0) is 38.5 Å². The van der Waals surface area contributed by atoms with Gasteiger partial charge < -0.3 is 4.74 Å². The fourth-order valence-electron chi connectivity index (χ4n) is 6.13. The zero-order chi connectivity index (χ0) is 31.2. The second-order valence-corrected chi connectivity index (χ2v) is 13.6. The molecule has 2 heteroatoms. The van der Waals surface area contributed by atoms with Crippen molar-refractivity contribution in [3.63, 3.8) is 0 Å². The molecule has 0 radical (unpaired) electrons. The van der Waals surface area contributed by atoms with E-state index in [0.717, 1.165) is 12.8 Å². The van der Waals surface area contributed by atoms with Gasteiger partial charge in [-0.3, -0.25) is 4.79 Å². The molecule has 0 spiro atoms. The van der Waals surface area contributed by atoms with Gasteiger partial charge in [0.05, 0.1) is 6.61 Å². The summed E-state index contributed by atoms with van der Waals surface area (Å²) in [7, 11) is 0. The summed E-state index contributed by atoms with van der Waals surface area (Å²) in [5, 5.41) is 0. The summed E-state index contributed by atoms with van der Waals surface area (Å²) >= 11 is 0. The predicted octanol–water partition coefficient (Wildman–Crippen LogP) is 14.8. The minimum atomic E-state index is 0.0193. The molecule has 2 nitrogen and oxygen atoms in total. The molecule has 0 aliphatic carbocycles. The Bertz CT molecular complexity index is 540. The first-order valence-corrected chi connectivity index (χ1v) is 20.1. The van der Waals surface area contributed by atoms with E-state index in [1.54, 1.807) is 0 Å². The normalized spacial score (nSPS) is 11.6. The number of rotatable bonds is 37. The smallest absolute Gasteiger partial charge is 0.305 e. The van der Waals surface area contributed by atoms with Crippen molar-refractivity contribution >= 4 is 5.97 Å². The highest BCUT2D eigenvalue weighted by Crippen LogP contribution is 2.16. The fourth-order valence-corrected chi connectivity index (χ4v) is 6.13. The van der Waals surface area contributed by atoms with Crippen molar-refractivity contribution < 1.29 is 9.53 Å². The van der Waals surface area contributed by atoms with Gasteiger partial charge in [-0.25, -0.2) is 0 Å². The molecule has 256 valence electrons. The Morgan fingerprint density at radius 2 is 0.651 bits per heavy atom. The summed E-state index contributed by atoms with van der Waals surface area (Å²) in [5.41, 5.74) is 0. The van der Waals surface area contributed by atoms with E-state index in [1.807, 2.05) is 0 Å². The van der Waals surface area contributed by atoms with Gasteiger partial charge in [-0.2, -0.15) is 0 Å². The van der Waals surface area contributed by atoms with Crippen molar-refractivity contribution in [2.75, 3.05) is 6.61 Å². The monoisotopic (exact) mass is 605 g/mol. The maximum absolute atomic E-state index is 12.0. The number of hydrogen-bond acceptors (Lipinski definition) is 2. The van der Waals surface area contributed by atoms with Gasteiger partial charge in [0.1, 0.15) is 0 Å². The average molecular weight is 605 g/mol. The van der Waals surface area contributed by atoms with E-state index >= 15 is 0 Å². The summed E-state index contributed by atoms with van der Waals surface area (Å²) in [6, 6.07) is 0. The van der Waals surface area contributed by atoms with Gasteiger partial charge in [0.2, 0.25) is 0 Å². The van der Waals surface area contributed by atoms with Crippen molar-refractivity contribution in [1.29, 1.82) is 0 Å². The zero-order valence-corrected chi connectivity index (χ0v) is 29.9. The van der Waals surface area contributed by atoms with Gasteiger partial charge in [0, 0.05) is 6.42 Å². The van der Waals surface area contributed by atoms with Crippen LogP contribution in [0.1, 0.15) is 239 Å². The summed E-state index contributed by atoms with van der Waals surface area (Å²) in [6.07, 6.45) is 51.6. The Labute approximate surface area is 272 Å². The van der Waals surface area contributed by atoms with Gasteiger partial charge in [-0.15, -0.1) is 0 Å².